The third kappa shape index (κ3) is 4.18. The molecule has 1 aromatic carbocycles. The van der Waals surface area contributed by atoms with E-state index < -0.39 is 6.04 Å². The van der Waals surface area contributed by atoms with Gasteiger partial charge in [-0.1, -0.05) is 30.9 Å². The summed E-state index contributed by atoms with van der Waals surface area (Å²) < 4.78 is 0. The molecule has 1 unspecified atom stereocenters. The van der Waals surface area contributed by atoms with Crippen LogP contribution in [0.4, 0.5) is 5.69 Å². The van der Waals surface area contributed by atoms with Crippen molar-refractivity contribution in [3.63, 3.8) is 0 Å². The van der Waals surface area contributed by atoms with Crippen LogP contribution >= 0.6 is 11.6 Å². The maximum absolute atomic E-state index is 12.8. The minimum atomic E-state index is -0.514. The van der Waals surface area contributed by atoms with Crippen LogP contribution in [-0.2, 0) is 9.59 Å². The van der Waals surface area contributed by atoms with Gasteiger partial charge in [-0.2, -0.15) is 0 Å². The molecule has 0 bridgehead atoms. The van der Waals surface area contributed by atoms with Crippen molar-refractivity contribution in [3.8, 4) is 0 Å². The Bertz CT molecular complexity index is 716. The fraction of sp³-hybridized carbons (Fsp3) is 0.526. The minimum absolute atomic E-state index is 0.0946. The van der Waals surface area contributed by atoms with E-state index in [0.717, 1.165) is 25.7 Å². The van der Waals surface area contributed by atoms with Gasteiger partial charge in [0.1, 0.15) is 6.04 Å². The summed E-state index contributed by atoms with van der Waals surface area (Å²) in [7, 11) is 1.83. The SMILES string of the molecule is CN(C(=O)c1ccc(NC(=O)C2CCC(=O)N2)cc1Cl)C1CCCCC1. The van der Waals surface area contributed by atoms with Crippen molar-refractivity contribution >= 4 is 35.0 Å². The molecule has 1 heterocycles. The fourth-order valence-electron chi connectivity index (χ4n) is 3.63. The van der Waals surface area contributed by atoms with E-state index in [9.17, 15) is 14.4 Å². The van der Waals surface area contributed by atoms with Gasteiger partial charge >= 0.3 is 0 Å². The lowest BCUT2D eigenvalue weighted by Gasteiger charge is -2.31. The standard InChI is InChI=1S/C19H24ClN3O3/c1-23(13-5-3-2-4-6-13)19(26)14-8-7-12(11-15(14)20)21-18(25)16-9-10-17(24)22-16/h7-8,11,13,16H,2-6,9-10H2,1H3,(H,21,25)(H,22,24). The summed E-state index contributed by atoms with van der Waals surface area (Å²) in [4.78, 5) is 37.9. The average Bonchev–Trinajstić information content (AvgIpc) is 3.08. The van der Waals surface area contributed by atoms with E-state index in [0.29, 0.717) is 29.1 Å². The molecule has 140 valence electrons. The lowest BCUT2D eigenvalue weighted by atomic mass is 9.94. The Morgan fingerprint density at radius 2 is 1.92 bits per heavy atom. The fourth-order valence-corrected chi connectivity index (χ4v) is 3.89. The predicted octanol–water partition coefficient (Wildman–Crippen LogP) is 2.96. The van der Waals surface area contributed by atoms with Gasteiger partial charge in [0.15, 0.2) is 0 Å². The zero-order valence-electron chi connectivity index (χ0n) is 14.9. The molecule has 26 heavy (non-hydrogen) atoms. The molecular weight excluding hydrogens is 354 g/mol. The van der Waals surface area contributed by atoms with E-state index in [1.807, 2.05) is 7.05 Å². The summed E-state index contributed by atoms with van der Waals surface area (Å²) in [5.41, 5.74) is 0.949. The van der Waals surface area contributed by atoms with Crippen LogP contribution in [0.3, 0.4) is 0 Å². The van der Waals surface area contributed by atoms with Crippen molar-refractivity contribution < 1.29 is 14.4 Å². The van der Waals surface area contributed by atoms with Crippen molar-refractivity contribution in [2.75, 3.05) is 12.4 Å². The Morgan fingerprint density at radius 3 is 2.54 bits per heavy atom. The highest BCUT2D eigenvalue weighted by atomic mass is 35.5. The summed E-state index contributed by atoms with van der Waals surface area (Å²) in [5, 5.41) is 5.68. The van der Waals surface area contributed by atoms with Crippen molar-refractivity contribution in [2.45, 2.75) is 57.0 Å². The van der Waals surface area contributed by atoms with Crippen LogP contribution in [0, 0.1) is 0 Å². The van der Waals surface area contributed by atoms with Crippen LogP contribution in [0.2, 0.25) is 5.02 Å². The lowest BCUT2D eigenvalue weighted by molar-refractivity contribution is -0.122. The molecule has 1 saturated heterocycles. The molecule has 3 amide bonds. The molecule has 0 spiro atoms. The molecule has 2 fully saturated rings. The van der Waals surface area contributed by atoms with Gasteiger partial charge < -0.3 is 15.5 Å². The van der Waals surface area contributed by atoms with Gasteiger partial charge in [0.05, 0.1) is 10.6 Å². The topological polar surface area (TPSA) is 78.5 Å². The van der Waals surface area contributed by atoms with Crippen molar-refractivity contribution in [1.29, 1.82) is 0 Å². The van der Waals surface area contributed by atoms with Gasteiger partial charge in [0, 0.05) is 25.2 Å². The number of hydrogen-bond donors (Lipinski definition) is 2. The number of benzene rings is 1. The van der Waals surface area contributed by atoms with Gasteiger partial charge in [-0.15, -0.1) is 0 Å². The first-order valence-electron chi connectivity index (χ1n) is 9.12. The third-order valence-electron chi connectivity index (χ3n) is 5.22. The monoisotopic (exact) mass is 377 g/mol. The zero-order valence-corrected chi connectivity index (χ0v) is 15.6. The number of carbonyl (C=O) groups is 3. The van der Waals surface area contributed by atoms with E-state index in [2.05, 4.69) is 10.6 Å². The van der Waals surface area contributed by atoms with Gasteiger partial charge in [-0.3, -0.25) is 14.4 Å². The van der Waals surface area contributed by atoms with E-state index in [1.165, 1.54) is 6.42 Å². The highest BCUT2D eigenvalue weighted by Crippen LogP contribution is 2.26. The molecule has 1 atom stereocenters. The van der Waals surface area contributed by atoms with Crippen LogP contribution in [0.25, 0.3) is 0 Å². The normalized spacial score (nSPS) is 20.5. The molecule has 1 saturated carbocycles. The number of nitrogens with zero attached hydrogens (tertiary/aromatic N) is 1. The molecule has 6 nitrogen and oxygen atoms in total. The average molecular weight is 378 g/mol. The zero-order chi connectivity index (χ0) is 18.7. The van der Waals surface area contributed by atoms with Crippen LogP contribution in [0.5, 0.6) is 0 Å². The Kier molecular flexibility index (Phi) is 5.81. The van der Waals surface area contributed by atoms with Crippen LogP contribution in [0.15, 0.2) is 18.2 Å². The van der Waals surface area contributed by atoms with Crippen molar-refractivity contribution in [3.05, 3.63) is 28.8 Å². The Hall–Kier alpha value is -2.08. The number of amides is 3. The van der Waals surface area contributed by atoms with Crippen LogP contribution in [-0.4, -0.2) is 41.8 Å². The van der Waals surface area contributed by atoms with E-state index in [4.69, 9.17) is 11.6 Å². The van der Waals surface area contributed by atoms with Gasteiger partial charge in [0.2, 0.25) is 11.8 Å². The Morgan fingerprint density at radius 1 is 1.19 bits per heavy atom. The molecule has 1 aliphatic heterocycles. The number of anilines is 1. The summed E-state index contributed by atoms with van der Waals surface area (Å²) in [6.45, 7) is 0. The quantitative estimate of drug-likeness (QED) is 0.846. The maximum Gasteiger partial charge on any atom is 0.255 e. The van der Waals surface area contributed by atoms with Gasteiger partial charge in [-0.25, -0.2) is 0 Å². The second-order valence-corrected chi connectivity index (χ2v) is 7.46. The van der Waals surface area contributed by atoms with Crippen molar-refractivity contribution in [2.24, 2.45) is 0 Å². The number of carbonyl (C=O) groups excluding carboxylic acids is 3. The molecule has 2 N–H and O–H groups in total. The smallest absolute Gasteiger partial charge is 0.255 e. The third-order valence-corrected chi connectivity index (χ3v) is 5.53. The molecule has 0 aromatic heterocycles. The number of rotatable bonds is 4. The molecule has 1 aliphatic carbocycles. The molecule has 2 aliphatic rings. The first kappa shape index (κ1) is 18.7. The largest absolute Gasteiger partial charge is 0.344 e. The second kappa shape index (κ2) is 8.08. The molecular formula is C19H24ClN3O3. The summed E-state index contributed by atoms with van der Waals surface area (Å²) >= 11 is 6.31. The Labute approximate surface area is 158 Å². The molecule has 0 radical (unpaired) electrons. The van der Waals surface area contributed by atoms with Gasteiger partial charge in [-0.05, 0) is 37.5 Å². The van der Waals surface area contributed by atoms with Crippen LogP contribution < -0.4 is 10.6 Å². The first-order chi connectivity index (χ1) is 12.5. The highest BCUT2D eigenvalue weighted by molar-refractivity contribution is 6.34. The maximum atomic E-state index is 12.8. The van der Waals surface area contributed by atoms with E-state index in [1.54, 1.807) is 23.1 Å². The summed E-state index contributed by atoms with van der Waals surface area (Å²) in [5.74, 6) is -0.483. The highest BCUT2D eigenvalue weighted by Gasteiger charge is 2.28. The number of nitrogens with one attached hydrogen (secondary N) is 2. The summed E-state index contributed by atoms with van der Waals surface area (Å²) in [6.07, 6.45) is 6.44. The molecule has 7 heteroatoms. The minimum Gasteiger partial charge on any atom is -0.344 e. The number of halogens is 1. The predicted molar refractivity (Wildman–Crippen MR) is 100 cm³/mol. The first-order valence-corrected chi connectivity index (χ1v) is 9.50. The lowest BCUT2D eigenvalue weighted by Crippen LogP contribution is -2.38. The van der Waals surface area contributed by atoms with Crippen LogP contribution in [0.1, 0.15) is 55.3 Å². The van der Waals surface area contributed by atoms with E-state index >= 15 is 0 Å². The molecule has 3 rings (SSSR count). The molecule has 1 aromatic rings. The second-order valence-electron chi connectivity index (χ2n) is 7.05. The summed E-state index contributed by atoms with van der Waals surface area (Å²) in [6, 6.07) is 4.64. The van der Waals surface area contributed by atoms with Gasteiger partial charge in [0.25, 0.3) is 5.91 Å². The number of hydrogen-bond acceptors (Lipinski definition) is 3. The Balaban J connectivity index is 1.65. The van der Waals surface area contributed by atoms with Crippen molar-refractivity contribution in [1.82, 2.24) is 10.2 Å². The van der Waals surface area contributed by atoms with E-state index in [-0.39, 0.29) is 23.8 Å².